The van der Waals surface area contributed by atoms with Gasteiger partial charge in [-0.15, -0.1) is 11.8 Å². The lowest BCUT2D eigenvalue weighted by atomic mass is 10.3. The Morgan fingerprint density at radius 1 is 1.38 bits per heavy atom. The van der Waals surface area contributed by atoms with Crippen LogP contribution in [0.1, 0.15) is 6.92 Å². The van der Waals surface area contributed by atoms with Gasteiger partial charge in [-0.05, 0) is 30.0 Å². The predicted octanol–water partition coefficient (Wildman–Crippen LogP) is 2.71. The van der Waals surface area contributed by atoms with Crippen LogP contribution >= 0.6 is 11.8 Å². The minimum absolute atomic E-state index is 0.266. The highest BCUT2D eigenvalue weighted by molar-refractivity contribution is 7.99. The molecule has 0 saturated heterocycles. The number of nitrogens with two attached hydrogens (primary N) is 1. The molecule has 2 aromatic rings. The topological polar surface area (TPSA) is 43.8 Å². The molecule has 0 bridgehead atoms. The maximum atomic E-state index is 12.8. The van der Waals surface area contributed by atoms with E-state index in [4.69, 9.17) is 5.73 Å². The van der Waals surface area contributed by atoms with Crippen LogP contribution in [0.2, 0.25) is 0 Å². The van der Waals surface area contributed by atoms with E-state index in [-0.39, 0.29) is 5.82 Å². The number of benzene rings is 1. The van der Waals surface area contributed by atoms with Gasteiger partial charge in [-0.1, -0.05) is 6.92 Å². The summed E-state index contributed by atoms with van der Waals surface area (Å²) in [6, 6.07) is 7.90. The summed E-state index contributed by atoms with van der Waals surface area (Å²) in [6.45, 7) is 2.05. The summed E-state index contributed by atoms with van der Waals surface area (Å²) in [6.07, 6.45) is 0. The molecule has 84 valence electrons. The molecular weight excluding hydrogens is 225 g/mol. The van der Waals surface area contributed by atoms with Crippen molar-refractivity contribution in [3.05, 3.63) is 36.1 Å². The molecule has 5 heteroatoms. The van der Waals surface area contributed by atoms with Crippen molar-refractivity contribution in [1.82, 2.24) is 9.78 Å². The zero-order valence-electron chi connectivity index (χ0n) is 8.85. The molecule has 0 fully saturated rings. The van der Waals surface area contributed by atoms with Gasteiger partial charge in [-0.3, -0.25) is 0 Å². The molecule has 0 aliphatic heterocycles. The first-order chi connectivity index (χ1) is 7.70. The van der Waals surface area contributed by atoms with Crippen LogP contribution in [-0.2, 0) is 0 Å². The molecule has 0 radical (unpaired) electrons. The van der Waals surface area contributed by atoms with E-state index in [9.17, 15) is 4.39 Å². The van der Waals surface area contributed by atoms with Crippen molar-refractivity contribution in [2.45, 2.75) is 11.9 Å². The first-order valence-electron chi connectivity index (χ1n) is 4.95. The molecule has 0 aliphatic carbocycles. The molecule has 0 atom stereocenters. The number of thioether (sulfide) groups is 1. The Morgan fingerprint density at radius 3 is 2.69 bits per heavy atom. The zero-order chi connectivity index (χ0) is 11.5. The maximum Gasteiger partial charge on any atom is 0.128 e. The van der Waals surface area contributed by atoms with Crippen molar-refractivity contribution in [1.29, 1.82) is 0 Å². The Hall–Kier alpha value is -1.49. The van der Waals surface area contributed by atoms with Gasteiger partial charge in [0.2, 0.25) is 0 Å². The lowest BCUT2D eigenvalue weighted by Gasteiger charge is -2.02. The minimum Gasteiger partial charge on any atom is -0.384 e. The third-order valence-electron chi connectivity index (χ3n) is 2.08. The van der Waals surface area contributed by atoms with Crippen molar-refractivity contribution < 1.29 is 4.39 Å². The Kier molecular flexibility index (Phi) is 3.14. The third kappa shape index (κ3) is 2.19. The van der Waals surface area contributed by atoms with Crippen molar-refractivity contribution in [2.75, 3.05) is 11.5 Å². The van der Waals surface area contributed by atoms with Crippen molar-refractivity contribution in [3.63, 3.8) is 0 Å². The quantitative estimate of drug-likeness (QED) is 0.835. The number of nitrogen functional groups attached to an aromatic ring is 1. The highest BCUT2D eigenvalue weighted by Gasteiger charge is 2.06. The average Bonchev–Trinajstić information content (AvgIpc) is 2.61. The molecule has 0 amide bonds. The Bertz CT molecular complexity index is 478. The molecule has 1 heterocycles. The summed E-state index contributed by atoms with van der Waals surface area (Å²) in [4.78, 5) is 0. The maximum absolute atomic E-state index is 12.8. The molecule has 0 unspecified atom stereocenters. The van der Waals surface area contributed by atoms with Crippen LogP contribution < -0.4 is 5.73 Å². The number of nitrogens with zero attached hydrogens (tertiary/aromatic N) is 2. The Morgan fingerprint density at radius 2 is 2.06 bits per heavy atom. The Balaban J connectivity index is 2.36. The molecular formula is C11H12FN3S. The summed E-state index contributed by atoms with van der Waals surface area (Å²) in [5.74, 6) is 1.24. The molecule has 1 aromatic carbocycles. The van der Waals surface area contributed by atoms with Crippen LogP contribution in [0.15, 0.2) is 35.4 Å². The monoisotopic (exact) mass is 237 g/mol. The lowest BCUT2D eigenvalue weighted by molar-refractivity contribution is 0.627. The minimum atomic E-state index is -0.266. The number of anilines is 1. The van der Waals surface area contributed by atoms with E-state index in [1.807, 2.05) is 6.07 Å². The van der Waals surface area contributed by atoms with Crippen LogP contribution in [0.4, 0.5) is 10.2 Å². The number of halogens is 1. The molecule has 0 spiro atoms. The molecule has 0 saturated carbocycles. The summed E-state index contributed by atoms with van der Waals surface area (Å²) in [5.41, 5.74) is 6.60. The van der Waals surface area contributed by atoms with E-state index in [1.165, 1.54) is 12.1 Å². The second-order valence-electron chi connectivity index (χ2n) is 3.23. The van der Waals surface area contributed by atoms with E-state index < -0.39 is 0 Å². The fourth-order valence-corrected chi connectivity index (χ4v) is 2.02. The second-order valence-corrected chi connectivity index (χ2v) is 4.51. The SMILES string of the molecule is CCSc1cc(N)n(-c2ccc(F)cc2)n1. The van der Waals surface area contributed by atoms with E-state index >= 15 is 0 Å². The van der Waals surface area contributed by atoms with Crippen LogP contribution in [0.5, 0.6) is 0 Å². The summed E-state index contributed by atoms with van der Waals surface area (Å²) in [5, 5.41) is 5.21. The number of aromatic nitrogens is 2. The van der Waals surface area contributed by atoms with Gasteiger partial charge in [0.15, 0.2) is 0 Å². The van der Waals surface area contributed by atoms with Gasteiger partial charge in [0.1, 0.15) is 16.7 Å². The molecule has 2 rings (SSSR count). The van der Waals surface area contributed by atoms with Crippen molar-refractivity contribution in [2.24, 2.45) is 0 Å². The highest BCUT2D eigenvalue weighted by atomic mass is 32.2. The number of rotatable bonds is 3. The molecule has 16 heavy (non-hydrogen) atoms. The molecule has 0 aliphatic rings. The predicted molar refractivity (Wildman–Crippen MR) is 64.3 cm³/mol. The Labute approximate surface area is 97.5 Å². The van der Waals surface area contributed by atoms with E-state index in [0.717, 1.165) is 16.5 Å². The molecule has 3 nitrogen and oxygen atoms in total. The van der Waals surface area contributed by atoms with Gasteiger partial charge in [-0.2, -0.15) is 5.10 Å². The van der Waals surface area contributed by atoms with Crippen molar-refractivity contribution in [3.8, 4) is 5.69 Å². The summed E-state index contributed by atoms with van der Waals surface area (Å²) in [7, 11) is 0. The lowest BCUT2D eigenvalue weighted by Crippen LogP contribution is -2.01. The standard InChI is InChI=1S/C11H12FN3S/c1-2-16-11-7-10(13)15(14-11)9-5-3-8(12)4-6-9/h3-7H,2,13H2,1H3. The van der Waals surface area contributed by atoms with Crippen LogP contribution in [-0.4, -0.2) is 15.5 Å². The first kappa shape index (κ1) is 11.0. The third-order valence-corrected chi connectivity index (χ3v) is 2.86. The highest BCUT2D eigenvalue weighted by Crippen LogP contribution is 2.21. The number of hydrogen-bond donors (Lipinski definition) is 1. The van der Waals surface area contributed by atoms with Gasteiger partial charge in [0.25, 0.3) is 0 Å². The van der Waals surface area contributed by atoms with Crippen LogP contribution in [0.25, 0.3) is 5.69 Å². The van der Waals surface area contributed by atoms with Gasteiger partial charge in [0.05, 0.1) is 5.69 Å². The summed E-state index contributed by atoms with van der Waals surface area (Å²) < 4.78 is 14.4. The zero-order valence-corrected chi connectivity index (χ0v) is 9.67. The first-order valence-corrected chi connectivity index (χ1v) is 5.93. The van der Waals surface area contributed by atoms with Gasteiger partial charge in [-0.25, -0.2) is 9.07 Å². The fourth-order valence-electron chi connectivity index (χ4n) is 1.38. The van der Waals surface area contributed by atoms with Crippen LogP contribution in [0, 0.1) is 5.82 Å². The van der Waals surface area contributed by atoms with E-state index in [2.05, 4.69) is 12.0 Å². The average molecular weight is 237 g/mol. The van der Waals surface area contributed by atoms with Crippen LogP contribution in [0.3, 0.4) is 0 Å². The smallest absolute Gasteiger partial charge is 0.128 e. The number of hydrogen-bond acceptors (Lipinski definition) is 3. The second kappa shape index (κ2) is 4.57. The largest absolute Gasteiger partial charge is 0.384 e. The van der Waals surface area contributed by atoms with Gasteiger partial charge < -0.3 is 5.73 Å². The molecule has 2 N–H and O–H groups in total. The van der Waals surface area contributed by atoms with Gasteiger partial charge >= 0.3 is 0 Å². The van der Waals surface area contributed by atoms with E-state index in [1.54, 1.807) is 28.6 Å². The molecule has 1 aromatic heterocycles. The summed E-state index contributed by atoms with van der Waals surface area (Å²) >= 11 is 1.62. The van der Waals surface area contributed by atoms with E-state index in [0.29, 0.717) is 5.82 Å². The normalized spacial score (nSPS) is 10.6. The van der Waals surface area contributed by atoms with Gasteiger partial charge in [0, 0.05) is 6.07 Å². The fraction of sp³-hybridized carbons (Fsp3) is 0.182. The van der Waals surface area contributed by atoms with Crippen molar-refractivity contribution >= 4 is 17.6 Å².